The van der Waals surface area contributed by atoms with E-state index >= 15 is 0 Å². The molecule has 0 spiro atoms. The summed E-state index contributed by atoms with van der Waals surface area (Å²) in [5.74, 6) is 0. The molecule has 0 aromatic rings. The second-order valence-electron chi connectivity index (χ2n) is 5.22. The zero-order chi connectivity index (χ0) is 13.4. The van der Waals surface area contributed by atoms with Crippen molar-refractivity contribution in [2.24, 2.45) is 0 Å². The first-order chi connectivity index (χ1) is 7.83. The van der Waals surface area contributed by atoms with Crippen molar-refractivity contribution in [3.05, 3.63) is 0 Å². The van der Waals surface area contributed by atoms with Crippen molar-refractivity contribution in [1.82, 2.24) is 0 Å². The fourth-order valence-electron chi connectivity index (χ4n) is 1.19. The Hall–Kier alpha value is 0.274. The molecule has 0 aliphatic rings. The van der Waals surface area contributed by atoms with Gasteiger partial charge in [0.05, 0.1) is 0 Å². The highest BCUT2D eigenvalue weighted by molar-refractivity contribution is 6.69. The van der Waals surface area contributed by atoms with Crippen molar-refractivity contribution in [2.75, 3.05) is 34.0 Å². The van der Waals surface area contributed by atoms with Crippen LogP contribution in [0.25, 0.3) is 0 Å². The van der Waals surface area contributed by atoms with Crippen LogP contribution in [0.4, 0.5) is 0 Å². The lowest BCUT2D eigenvalue weighted by Crippen LogP contribution is -2.37. The molecule has 0 rings (SSSR count). The first kappa shape index (κ1) is 17.3. The number of ether oxygens (including phenoxy) is 1. The van der Waals surface area contributed by atoms with Gasteiger partial charge in [-0.15, -0.1) is 0 Å². The van der Waals surface area contributed by atoms with Gasteiger partial charge in [-0.1, -0.05) is 0 Å². The van der Waals surface area contributed by atoms with Gasteiger partial charge in [-0.2, -0.15) is 0 Å². The van der Waals surface area contributed by atoms with Gasteiger partial charge >= 0.3 is 8.56 Å². The van der Waals surface area contributed by atoms with Crippen molar-refractivity contribution in [2.45, 2.75) is 38.7 Å². The Bertz CT molecular complexity index is 190. The van der Waals surface area contributed by atoms with Crippen LogP contribution in [0.3, 0.4) is 0 Å². The average molecular weight is 281 g/mol. The lowest BCUT2D eigenvalue weighted by Gasteiger charge is -2.22. The average Bonchev–Trinajstić information content (AvgIpc) is 2.26. The van der Waals surface area contributed by atoms with E-state index in [2.05, 4.69) is 19.6 Å². The van der Waals surface area contributed by atoms with Crippen LogP contribution in [0.1, 0.15) is 6.42 Å². The molecule has 0 heterocycles. The van der Waals surface area contributed by atoms with E-state index in [1.807, 2.05) is 6.55 Å². The molecule has 0 aromatic heterocycles. The van der Waals surface area contributed by atoms with Gasteiger partial charge < -0.3 is 18.0 Å². The summed E-state index contributed by atoms with van der Waals surface area (Å²) in [7, 11) is 0.111. The first-order valence-electron chi connectivity index (χ1n) is 6.15. The van der Waals surface area contributed by atoms with Gasteiger partial charge in [0.25, 0.3) is 0 Å². The van der Waals surface area contributed by atoms with Gasteiger partial charge in [0.15, 0.2) is 8.32 Å². The molecular weight excluding hydrogens is 252 g/mol. The van der Waals surface area contributed by atoms with Gasteiger partial charge in [-0.05, 0) is 32.6 Å². The summed E-state index contributed by atoms with van der Waals surface area (Å²) in [5.41, 5.74) is 0. The maximum atomic E-state index is 5.74. The van der Waals surface area contributed by atoms with Crippen molar-refractivity contribution < 1.29 is 18.0 Å². The molecule has 104 valence electrons. The second-order valence-corrected chi connectivity index (χ2v) is 13.3. The lowest BCUT2D eigenvalue weighted by molar-refractivity contribution is 0.121. The van der Waals surface area contributed by atoms with E-state index in [9.17, 15) is 0 Å². The third-order valence-corrected chi connectivity index (χ3v) is 6.44. The van der Waals surface area contributed by atoms with Crippen LogP contribution in [0.2, 0.25) is 32.2 Å². The van der Waals surface area contributed by atoms with Gasteiger partial charge in [-0.3, -0.25) is 0 Å². The molecule has 0 saturated heterocycles. The molecule has 0 aliphatic heterocycles. The molecule has 0 saturated carbocycles. The molecular formula is C11H28O4Si2. The summed E-state index contributed by atoms with van der Waals surface area (Å²) in [6, 6.07) is 0.870. The van der Waals surface area contributed by atoms with Gasteiger partial charge in [0, 0.05) is 40.1 Å². The smallest absolute Gasteiger partial charge is 0.336 e. The largest absolute Gasteiger partial charge is 0.418 e. The molecule has 0 fully saturated rings. The molecule has 4 nitrogen and oxygen atoms in total. The third-order valence-electron chi connectivity index (χ3n) is 2.53. The maximum Gasteiger partial charge on any atom is 0.336 e. The van der Waals surface area contributed by atoms with Gasteiger partial charge in [-0.25, -0.2) is 0 Å². The van der Waals surface area contributed by atoms with Crippen LogP contribution in [-0.2, 0) is 18.0 Å². The monoisotopic (exact) mass is 280 g/mol. The maximum absolute atomic E-state index is 5.74. The number of hydrogen-bond donors (Lipinski definition) is 0. The fourth-order valence-corrected chi connectivity index (χ4v) is 3.03. The van der Waals surface area contributed by atoms with Gasteiger partial charge in [0.1, 0.15) is 0 Å². The number of rotatable bonds is 10. The Morgan fingerprint density at radius 1 is 0.824 bits per heavy atom. The Labute approximate surface area is 108 Å². The molecule has 0 amide bonds. The van der Waals surface area contributed by atoms with Crippen molar-refractivity contribution in [1.29, 1.82) is 0 Å². The molecule has 17 heavy (non-hydrogen) atoms. The molecule has 0 aliphatic carbocycles. The Kier molecular flexibility index (Phi) is 8.52. The van der Waals surface area contributed by atoms with Crippen LogP contribution >= 0.6 is 0 Å². The molecule has 0 radical (unpaired) electrons. The third kappa shape index (κ3) is 9.93. The molecule has 0 N–H and O–H groups in total. The van der Waals surface area contributed by atoms with Gasteiger partial charge in [0.2, 0.25) is 0 Å². The van der Waals surface area contributed by atoms with Crippen LogP contribution < -0.4 is 0 Å². The van der Waals surface area contributed by atoms with Crippen molar-refractivity contribution in [3.63, 3.8) is 0 Å². The van der Waals surface area contributed by atoms with E-state index in [-0.39, 0.29) is 0 Å². The van der Waals surface area contributed by atoms with E-state index in [1.165, 1.54) is 0 Å². The summed E-state index contributed by atoms with van der Waals surface area (Å²) < 4.78 is 22.0. The zero-order valence-corrected chi connectivity index (χ0v) is 14.2. The fraction of sp³-hybridized carbons (Fsp3) is 1.00. The summed E-state index contributed by atoms with van der Waals surface area (Å²) >= 11 is 0. The van der Waals surface area contributed by atoms with E-state index in [4.69, 9.17) is 18.0 Å². The van der Waals surface area contributed by atoms with E-state index in [0.717, 1.165) is 25.7 Å². The SMILES string of the molecule is CO[Si](C)(CCOCCCO[Si](C)(C)C)OC. The standard InChI is InChI=1S/C11H28O4Si2/c1-12-17(6,13-2)11-10-14-8-7-9-15-16(3,4)5/h7-11H2,1-6H3. The highest BCUT2D eigenvalue weighted by Crippen LogP contribution is 2.10. The van der Waals surface area contributed by atoms with E-state index in [0.29, 0.717) is 6.61 Å². The van der Waals surface area contributed by atoms with Crippen LogP contribution in [-0.4, -0.2) is 50.9 Å². The Morgan fingerprint density at radius 3 is 1.88 bits per heavy atom. The highest BCUT2D eigenvalue weighted by Gasteiger charge is 2.27. The van der Waals surface area contributed by atoms with E-state index < -0.39 is 16.9 Å². The minimum Gasteiger partial charge on any atom is -0.418 e. The van der Waals surface area contributed by atoms with Crippen LogP contribution in [0.5, 0.6) is 0 Å². The highest BCUT2D eigenvalue weighted by atomic mass is 28.4. The number of hydrogen-bond acceptors (Lipinski definition) is 4. The minimum atomic E-state index is -1.95. The van der Waals surface area contributed by atoms with Crippen molar-refractivity contribution >= 4 is 16.9 Å². The van der Waals surface area contributed by atoms with Crippen molar-refractivity contribution in [3.8, 4) is 0 Å². The molecule has 0 aromatic carbocycles. The quantitative estimate of drug-likeness (QED) is 0.455. The topological polar surface area (TPSA) is 36.9 Å². The predicted molar refractivity (Wildman–Crippen MR) is 75.2 cm³/mol. The summed E-state index contributed by atoms with van der Waals surface area (Å²) in [6.45, 7) is 10.9. The first-order valence-corrected chi connectivity index (χ1v) is 12.1. The Balaban J connectivity index is 3.41. The predicted octanol–water partition coefficient (Wildman–Crippen LogP) is 2.61. The zero-order valence-electron chi connectivity index (χ0n) is 12.2. The lowest BCUT2D eigenvalue weighted by atomic mass is 10.5. The minimum absolute atomic E-state index is 0.706. The normalized spacial score (nSPS) is 13.1. The molecule has 0 unspecified atom stereocenters. The summed E-state index contributed by atoms with van der Waals surface area (Å²) in [6.07, 6.45) is 0.961. The second kappa shape index (κ2) is 8.39. The van der Waals surface area contributed by atoms with Crippen LogP contribution in [0.15, 0.2) is 0 Å². The van der Waals surface area contributed by atoms with E-state index in [1.54, 1.807) is 14.2 Å². The Morgan fingerprint density at radius 2 is 1.41 bits per heavy atom. The van der Waals surface area contributed by atoms with Crippen LogP contribution in [0, 0.1) is 0 Å². The summed E-state index contributed by atoms with van der Waals surface area (Å²) in [4.78, 5) is 0. The summed E-state index contributed by atoms with van der Waals surface area (Å²) in [5, 5.41) is 0. The molecule has 0 bridgehead atoms. The molecule has 6 heteroatoms. The molecule has 0 atom stereocenters.